The van der Waals surface area contributed by atoms with Crippen molar-refractivity contribution in [3.8, 4) is 0 Å². The van der Waals surface area contributed by atoms with Crippen molar-refractivity contribution in [1.82, 2.24) is 0 Å². The molecule has 0 saturated heterocycles. The van der Waals surface area contributed by atoms with Gasteiger partial charge in [0.15, 0.2) is 0 Å². The number of carbonyl (C=O) groups is 1. The summed E-state index contributed by atoms with van der Waals surface area (Å²) in [4.78, 5) is 12.4. The molecular weight excluding hydrogens is 224 g/mol. The number of fused-ring (bicyclic) bond motifs is 1. The molecule has 0 amide bonds. The van der Waals surface area contributed by atoms with E-state index >= 15 is 0 Å². The number of Topliss-reactive ketones (excluding diaryl/α,β-unsaturated/α-hetero) is 1. The minimum atomic E-state index is -0.522. The Morgan fingerprint density at radius 3 is 2.61 bits per heavy atom. The molecule has 0 heterocycles. The van der Waals surface area contributed by atoms with Crippen LogP contribution in [0.1, 0.15) is 41.0 Å². The molecule has 0 aromatic heterocycles. The quantitative estimate of drug-likeness (QED) is 0.782. The van der Waals surface area contributed by atoms with E-state index < -0.39 is 6.10 Å². The first-order valence-electron chi connectivity index (χ1n) is 7.17. The summed E-state index contributed by atoms with van der Waals surface area (Å²) >= 11 is 0. The summed E-state index contributed by atoms with van der Waals surface area (Å²) in [6.07, 6.45) is 4.45. The number of rotatable bonds is 3. The molecule has 0 aromatic rings. The second kappa shape index (κ2) is 4.48. The van der Waals surface area contributed by atoms with Crippen molar-refractivity contribution in [3.05, 3.63) is 12.2 Å². The van der Waals surface area contributed by atoms with Gasteiger partial charge in [-0.2, -0.15) is 0 Å². The molecule has 2 fully saturated rings. The van der Waals surface area contributed by atoms with Crippen molar-refractivity contribution in [2.75, 3.05) is 0 Å². The zero-order valence-electron chi connectivity index (χ0n) is 12.2. The largest absolute Gasteiger partial charge is 0.392 e. The Morgan fingerprint density at radius 1 is 1.44 bits per heavy atom. The van der Waals surface area contributed by atoms with Crippen LogP contribution < -0.4 is 0 Å². The molecule has 2 aliphatic rings. The monoisotopic (exact) mass is 250 g/mol. The van der Waals surface area contributed by atoms with Crippen molar-refractivity contribution in [2.45, 2.75) is 47.1 Å². The van der Waals surface area contributed by atoms with Gasteiger partial charge in [0.2, 0.25) is 0 Å². The summed E-state index contributed by atoms with van der Waals surface area (Å²) in [5.41, 5.74) is 0.238. The minimum Gasteiger partial charge on any atom is -0.392 e. The van der Waals surface area contributed by atoms with Gasteiger partial charge >= 0.3 is 0 Å². The van der Waals surface area contributed by atoms with Crippen LogP contribution in [0.3, 0.4) is 0 Å². The molecule has 2 saturated carbocycles. The third kappa shape index (κ3) is 1.95. The van der Waals surface area contributed by atoms with E-state index in [9.17, 15) is 9.90 Å². The molecule has 2 rings (SSSR count). The highest BCUT2D eigenvalue weighted by molar-refractivity contribution is 5.86. The molecule has 2 heteroatoms. The van der Waals surface area contributed by atoms with E-state index in [1.165, 1.54) is 0 Å². The summed E-state index contributed by atoms with van der Waals surface area (Å²) in [5.74, 6) is 1.33. The molecule has 2 aliphatic carbocycles. The van der Waals surface area contributed by atoms with Crippen LogP contribution in [-0.2, 0) is 4.79 Å². The SMILES string of the molecule is C/C=C\[C@@H](C)[C@@H](O)[C@@H]1C(=O)[C@H](C)C[C@@H]2[C@@H]1C2(C)C. The van der Waals surface area contributed by atoms with Gasteiger partial charge in [0.1, 0.15) is 5.78 Å². The maximum absolute atomic E-state index is 12.4. The van der Waals surface area contributed by atoms with Crippen molar-refractivity contribution in [3.63, 3.8) is 0 Å². The Hall–Kier alpha value is -0.630. The van der Waals surface area contributed by atoms with Crippen molar-refractivity contribution < 1.29 is 9.90 Å². The fourth-order valence-corrected chi connectivity index (χ4v) is 4.08. The Labute approximate surface area is 110 Å². The van der Waals surface area contributed by atoms with Crippen LogP contribution in [0.15, 0.2) is 12.2 Å². The van der Waals surface area contributed by atoms with Crippen LogP contribution in [-0.4, -0.2) is 17.0 Å². The zero-order chi connectivity index (χ0) is 13.7. The lowest BCUT2D eigenvalue weighted by Gasteiger charge is -2.31. The van der Waals surface area contributed by atoms with Crippen LogP contribution in [0.5, 0.6) is 0 Å². The maximum Gasteiger partial charge on any atom is 0.141 e. The maximum atomic E-state index is 12.4. The molecule has 0 aromatic carbocycles. The summed E-state index contributed by atoms with van der Waals surface area (Å²) in [5, 5.41) is 10.5. The number of ketones is 1. The van der Waals surface area contributed by atoms with E-state index in [1.807, 2.05) is 32.9 Å². The van der Waals surface area contributed by atoms with E-state index in [4.69, 9.17) is 0 Å². The molecule has 0 spiro atoms. The van der Waals surface area contributed by atoms with E-state index in [1.54, 1.807) is 0 Å². The van der Waals surface area contributed by atoms with E-state index in [-0.39, 0.29) is 29.0 Å². The molecule has 18 heavy (non-hydrogen) atoms. The first-order valence-corrected chi connectivity index (χ1v) is 7.17. The molecule has 0 aliphatic heterocycles. The van der Waals surface area contributed by atoms with E-state index in [0.29, 0.717) is 11.8 Å². The lowest BCUT2D eigenvalue weighted by Crippen LogP contribution is -2.40. The summed E-state index contributed by atoms with van der Waals surface area (Å²) in [7, 11) is 0. The molecule has 102 valence electrons. The zero-order valence-corrected chi connectivity index (χ0v) is 12.2. The van der Waals surface area contributed by atoms with Gasteiger partial charge in [0.05, 0.1) is 6.10 Å². The average molecular weight is 250 g/mol. The van der Waals surface area contributed by atoms with Gasteiger partial charge in [-0.3, -0.25) is 4.79 Å². The highest BCUT2D eigenvalue weighted by Crippen LogP contribution is 2.67. The highest BCUT2D eigenvalue weighted by Gasteiger charge is 2.66. The molecule has 6 atom stereocenters. The van der Waals surface area contributed by atoms with Gasteiger partial charge in [0.25, 0.3) is 0 Å². The second-order valence-electron chi connectivity index (χ2n) is 6.89. The lowest BCUT2D eigenvalue weighted by molar-refractivity contribution is -0.134. The highest BCUT2D eigenvalue weighted by atomic mass is 16.3. The first kappa shape index (κ1) is 13.8. The number of allylic oxidation sites excluding steroid dienone is 1. The van der Waals surface area contributed by atoms with Gasteiger partial charge < -0.3 is 5.11 Å². The second-order valence-corrected chi connectivity index (χ2v) is 6.89. The topological polar surface area (TPSA) is 37.3 Å². The number of hydrogen-bond donors (Lipinski definition) is 1. The molecule has 0 bridgehead atoms. The molecule has 0 radical (unpaired) electrons. The van der Waals surface area contributed by atoms with Crippen molar-refractivity contribution in [1.29, 1.82) is 0 Å². The van der Waals surface area contributed by atoms with E-state index in [0.717, 1.165) is 6.42 Å². The Balaban J connectivity index is 2.22. The fourth-order valence-electron chi connectivity index (χ4n) is 4.08. The summed E-state index contributed by atoms with van der Waals surface area (Å²) in [6, 6.07) is 0. The standard InChI is InChI=1S/C16H26O2/c1-6-7-9(2)14(17)12-13-11(16(13,4)5)8-10(3)15(12)18/h6-7,9-14,17H,8H2,1-5H3/b7-6-/t9-,10-,11-,12-,13+,14-/m1/s1. The number of carbonyl (C=O) groups excluding carboxylic acids is 1. The lowest BCUT2D eigenvalue weighted by atomic mass is 9.75. The van der Waals surface area contributed by atoms with Crippen molar-refractivity contribution >= 4 is 5.78 Å². The van der Waals surface area contributed by atoms with E-state index in [2.05, 4.69) is 13.8 Å². The molecular formula is C16H26O2. The van der Waals surface area contributed by atoms with Crippen LogP contribution in [0.2, 0.25) is 0 Å². The number of aliphatic hydroxyl groups is 1. The number of hydrogen-bond acceptors (Lipinski definition) is 2. The van der Waals surface area contributed by atoms with Crippen molar-refractivity contribution in [2.24, 2.45) is 35.0 Å². The van der Waals surface area contributed by atoms with Gasteiger partial charge in [-0.05, 0) is 30.6 Å². The van der Waals surface area contributed by atoms with Crippen LogP contribution >= 0.6 is 0 Å². The fraction of sp³-hybridized carbons (Fsp3) is 0.812. The normalized spacial score (nSPS) is 41.6. The minimum absolute atomic E-state index is 0.0614. The molecule has 0 unspecified atom stereocenters. The van der Waals surface area contributed by atoms with Gasteiger partial charge in [-0.1, -0.05) is 39.8 Å². The van der Waals surface area contributed by atoms with Gasteiger partial charge in [0, 0.05) is 17.8 Å². The van der Waals surface area contributed by atoms with Crippen LogP contribution in [0, 0.1) is 35.0 Å². The summed E-state index contributed by atoms with van der Waals surface area (Å²) in [6.45, 7) is 10.5. The number of aliphatic hydroxyl groups excluding tert-OH is 1. The Kier molecular flexibility index (Phi) is 3.44. The summed E-state index contributed by atoms with van der Waals surface area (Å²) < 4.78 is 0. The van der Waals surface area contributed by atoms with Crippen LogP contribution in [0.4, 0.5) is 0 Å². The third-order valence-electron chi connectivity index (χ3n) is 5.35. The Morgan fingerprint density at radius 2 is 2.06 bits per heavy atom. The average Bonchev–Trinajstić information content (AvgIpc) is 2.82. The molecule has 2 nitrogen and oxygen atoms in total. The first-order chi connectivity index (χ1) is 8.32. The predicted octanol–water partition coefficient (Wildman–Crippen LogP) is 3.06. The van der Waals surface area contributed by atoms with Gasteiger partial charge in [-0.25, -0.2) is 0 Å². The predicted molar refractivity (Wildman–Crippen MR) is 73.0 cm³/mol. The van der Waals surface area contributed by atoms with Crippen LogP contribution in [0.25, 0.3) is 0 Å². The van der Waals surface area contributed by atoms with Gasteiger partial charge in [-0.15, -0.1) is 0 Å². The Bertz CT molecular complexity index is 369. The smallest absolute Gasteiger partial charge is 0.141 e. The third-order valence-corrected chi connectivity index (χ3v) is 5.35. The molecule has 1 N–H and O–H groups in total.